The summed E-state index contributed by atoms with van der Waals surface area (Å²) in [6.07, 6.45) is 7.01. The molecule has 7 nitrogen and oxygen atoms in total. The van der Waals surface area contributed by atoms with E-state index >= 15 is 4.39 Å². The number of allylic oxidation sites excluding steroid dienone is 4. The first-order valence-electron chi connectivity index (χ1n) is 13.2. The SMILES string of the molecule is CSCCC(NC=O)C(=O)SCC(=O)[C@@]1(O)[C@H](C)C[C@H]2[C@@H]3CCC4=CC(=O)C=C[C@]4(C)C3(F)[C@@H](O)C[C@@]21C. The smallest absolute Gasteiger partial charge is 0.211 e. The Morgan fingerprint density at radius 2 is 2.03 bits per heavy atom. The number of ketones is 2. The molecule has 3 fully saturated rings. The lowest BCUT2D eigenvalue weighted by Gasteiger charge is -2.62. The number of amides is 1. The van der Waals surface area contributed by atoms with Crippen molar-refractivity contribution < 1.29 is 33.8 Å². The Labute approximate surface area is 231 Å². The summed E-state index contributed by atoms with van der Waals surface area (Å²) in [5.74, 6) is -1.77. The predicted octanol–water partition coefficient (Wildman–Crippen LogP) is 3.03. The molecule has 3 N–H and O–H groups in total. The van der Waals surface area contributed by atoms with Gasteiger partial charge in [0.1, 0.15) is 5.60 Å². The van der Waals surface area contributed by atoms with Gasteiger partial charge >= 0.3 is 0 Å². The lowest BCUT2D eigenvalue weighted by Crippen LogP contribution is -2.69. The first kappa shape index (κ1) is 29.5. The van der Waals surface area contributed by atoms with Gasteiger partial charge in [0, 0.05) is 16.7 Å². The van der Waals surface area contributed by atoms with Crippen molar-refractivity contribution in [2.24, 2.45) is 28.6 Å². The molecule has 0 saturated heterocycles. The number of aliphatic hydroxyl groups is 2. The third kappa shape index (κ3) is 4.16. The van der Waals surface area contributed by atoms with Gasteiger partial charge in [0.25, 0.3) is 0 Å². The van der Waals surface area contributed by atoms with Crippen LogP contribution in [0.1, 0.15) is 52.9 Å². The molecule has 0 radical (unpaired) electrons. The second kappa shape index (κ2) is 10.5. The van der Waals surface area contributed by atoms with Crippen molar-refractivity contribution in [3.05, 3.63) is 23.8 Å². The van der Waals surface area contributed by atoms with E-state index in [4.69, 9.17) is 0 Å². The van der Waals surface area contributed by atoms with E-state index < -0.39 is 51.9 Å². The fraction of sp³-hybridized carbons (Fsp3) is 0.714. The molecule has 0 spiro atoms. The van der Waals surface area contributed by atoms with Crippen molar-refractivity contribution in [2.45, 2.75) is 76.3 Å². The first-order chi connectivity index (χ1) is 17.8. The number of hydrogen-bond acceptors (Lipinski definition) is 8. The Hall–Kier alpha value is -1.49. The number of halogens is 1. The van der Waals surface area contributed by atoms with Crippen LogP contribution >= 0.6 is 23.5 Å². The van der Waals surface area contributed by atoms with E-state index in [1.54, 1.807) is 38.6 Å². The molecule has 9 atom stereocenters. The van der Waals surface area contributed by atoms with E-state index in [0.717, 1.165) is 11.8 Å². The van der Waals surface area contributed by atoms with Gasteiger partial charge in [-0.1, -0.05) is 37.3 Å². The lowest BCUT2D eigenvalue weighted by atomic mass is 9.44. The second-order valence-electron chi connectivity index (χ2n) is 11.8. The molecule has 10 heteroatoms. The van der Waals surface area contributed by atoms with Crippen LogP contribution in [0.3, 0.4) is 0 Å². The second-order valence-corrected chi connectivity index (χ2v) is 13.8. The minimum absolute atomic E-state index is 0.108. The average Bonchev–Trinajstić information content (AvgIpc) is 3.07. The van der Waals surface area contributed by atoms with Gasteiger partial charge in [-0.15, -0.1) is 0 Å². The molecule has 1 amide bonds. The highest BCUT2D eigenvalue weighted by Crippen LogP contribution is 2.70. The number of carbonyl (C=O) groups is 4. The summed E-state index contributed by atoms with van der Waals surface area (Å²) in [5, 5.41) is 25.6. The molecule has 0 heterocycles. The van der Waals surface area contributed by atoms with E-state index in [0.29, 0.717) is 43.4 Å². The molecule has 38 heavy (non-hydrogen) atoms. The van der Waals surface area contributed by atoms with Crippen molar-refractivity contribution in [3.8, 4) is 0 Å². The molecule has 210 valence electrons. The number of Topliss-reactive ketones (excluding diaryl/α,β-unsaturated/α-hetero) is 1. The van der Waals surface area contributed by atoms with Gasteiger partial charge in [-0.05, 0) is 75.0 Å². The van der Waals surface area contributed by atoms with Crippen molar-refractivity contribution in [3.63, 3.8) is 0 Å². The van der Waals surface area contributed by atoms with Gasteiger partial charge in [-0.25, -0.2) is 4.39 Å². The van der Waals surface area contributed by atoms with E-state index in [9.17, 15) is 29.4 Å². The van der Waals surface area contributed by atoms with Crippen LogP contribution in [-0.4, -0.2) is 74.5 Å². The van der Waals surface area contributed by atoms with Gasteiger partial charge in [0.15, 0.2) is 17.2 Å². The van der Waals surface area contributed by atoms with Crippen LogP contribution in [-0.2, 0) is 19.2 Å². The molecule has 4 aliphatic rings. The zero-order valence-corrected chi connectivity index (χ0v) is 24.0. The molecule has 0 aromatic rings. The summed E-state index contributed by atoms with van der Waals surface area (Å²) >= 11 is 2.32. The fourth-order valence-corrected chi connectivity index (χ4v) is 9.43. The van der Waals surface area contributed by atoms with Crippen molar-refractivity contribution in [2.75, 3.05) is 17.8 Å². The highest BCUT2D eigenvalue weighted by atomic mass is 32.2. The van der Waals surface area contributed by atoms with Gasteiger partial charge in [0.2, 0.25) is 11.5 Å². The number of nitrogens with one attached hydrogen (secondary N) is 1. The maximum Gasteiger partial charge on any atom is 0.211 e. The number of rotatable bonds is 9. The van der Waals surface area contributed by atoms with Crippen LogP contribution in [0, 0.1) is 28.6 Å². The summed E-state index contributed by atoms with van der Waals surface area (Å²) in [5.41, 5.74) is -5.42. The number of carbonyl (C=O) groups excluding carboxylic acids is 4. The molecule has 0 bridgehead atoms. The largest absolute Gasteiger partial charge is 0.390 e. The van der Waals surface area contributed by atoms with Crippen LogP contribution in [0.2, 0.25) is 0 Å². The molecule has 0 aromatic heterocycles. The van der Waals surface area contributed by atoms with Crippen LogP contribution in [0.5, 0.6) is 0 Å². The first-order valence-corrected chi connectivity index (χ1v) is 15.6. The Bertz CT molecular complexity index is 1080. The van der Waals surface area contributed by atoms with Crippen LogP contribution in [0.15, 0.2) is 23.8 Å². The van der Waals surface area contributed by atoms with Gasteiger partial charge in [0.05, 0.1) is 17.9 Å². The van der Waals surface area contributed by atoms with E-state index in [-0.39, 0.29) is 29.0 Å². The molecule has 0 aromatic carbocycles. The number of hydrogen-bond donors (Lipinski definition) is 3. The number of fused-ring (bicyclic) bond motifs is 5. The summed E-state index contributed by atoms with van der Waals surface area (Å²) in [6.45, 7) is 5.29. The molecule has 2 unspecified atom stereocenters. The Morgan fingerprint density at radius 3 is 2.68 bits per heavy atom. The molecule has 3 saturated carbocycles. The third-order valence-electron chi connectivity index (χ3n) is 10.2. The van der Waals surface area contributed by atoms with E-state index in [2.05, 4.69) is 5.32 Å². The van der Waals surface area contributed by atoms with Crippen molar-refractivity contribution >= 4 is 46.6 Å². The summed E-state index contributed by atoms with van der Waals surface area (Å²) in [4.78, 5) is 49.4. The molecular weight excluding hydrogens is 529 g/mol. The quantitative estimate of drug-likeness (QED) is 0.364. The standard InChI is InChI=1S/C28H38FNO6S2/c1-16-11-20-19-6-5-17-12-18(32)7-9-25(17,2)27(19,29)22(33)13-26(20,3)28(16,36)23(34)14-38-24(35)21(30-15-31)8-10-37-4/h7,9,12,15-16,19-22,33,36H,5-6,8,10-11,13-14H2,1-4H3,(H,30,31)/t16-,19+,20+,21?,22+,25+,26+,27?,28+/m1/s1. The molecule has 0 aliphatic heterocycles. The maximum atomic E-state index is 17.3. The molecule has 4 aliphatic carbocycles. The fourth-order valence-electron chi connectivity index (χ4n) is 8.07. The number of thioether (sulfide) groups is 2. The average molecular weight is 568 g/mol. The van der Waals surface area contributed by atoms with Gasteiger partial charge in [-0.2, -0.15) is 11.8 Å². The third-order valence-corrected chi connectivity index (χ3v) is 11.8. The monoisotopic (exact) mass is 567 g/mol. The zero-order valence-electron chi connectivity index (χ0n) is 22.4. The molecular formula is C28H38FNO6S2. The Balaban J connectivity index is 1.59. The Morgan fingerprint density at radius 1 is 1.32 bits per heavy atom. The van der Waals surface area contributed by atoms with E-state index in [1.807, 2.05) is 6.26 Å². The number of aliphatic hydroxyl groups excluding tert-OH is 1. The zero-order chi connectivity index (χ0) is 28.1. The minimum atomic E-state index is -2.04. The van der Waals surface area contributed by atoms with E-state index in [1.165, 1.54) is 12.2 Å². The molecule has 4 rings (SSSR count). The summed E-state index contributed by atoms with van der Waals surface area (Å²) in [6, 6.07) is -0.721. The minimum Gasteiger partial charge on any atom is -0.390 e. The highest BCUT2D eigenvalue weighted by molar-refractivity contribution is 8.14. The van der Waals surface area contributed by atoms with Gasteiger partial charge in [-0.3, -0.25) is 19.2 Å². The number of alkyl halides is 1. The summed E-state index contributed by atoms with van der Waals surface area (Å²) in [7, 11) is 0. The lowest BCUT2D eigenvalue weighted by molar-refractivity contribution is -0.218. The van der Waals surface area contributed by atoms with Crippen LogP contribution < -0.4 is 5.32 Å². The van der Waals surface area contributed by atoms with Crippen molar-refractivity contribution in [1.82, 2.24) is 5.32 Å². The predicted molar refractivity (Wildman–Crippen MR) is 146 cm³/mol. The Kier molecular flexibility index (Phi) is 8.14. The maximum absolute atomic E-state index is 17.3. The van der Waals surface area contributed by atoms with Crippen LogP contribution in [0.25, 0.3) is 0 Å². The normalized spacial score (nSPS) is 42.4. The van der Waals surface area contributed by atoms with Crippen molar-refractivity contribution in [1.29, 1.82) is 0 Å². The topological polar surface area (TPSA) is 121 Å². The summed E-state index contributed by atoms with van der Waals surface area (Å²) < 4.78 is 17.3. The van der Waals surface area contributed by atoms with Gasteiger partial charge < -0.3 is 15.5 Å². The highest BCUT2D eigenvalue weighted by Gasteiger charge is 2.75. The van der Waals surface area contributed by atoms with Crippen LogP contribution in [0.4, 0.5) is 4.39 Å².